The van der Waals surface area contributed by atoms with Gasteiger partial charge in [-0.15, -0.1) is 0 Å². The van der Waals surface area contributed by atoms with E-state index in [1.807, 2.05) is 30.3 Å². The SMILES string of the molecule is N#Cc1cnc(Nc2cc(-c3c(OCCCNC(=O)O)ccc4cccnc34)[nH]n2)cn1. The Bertz CT molecular complexity index is 1280. The quantitative estimate of drug-likeness (QED) is 0.308. The van der Waals surface area contributed by atoms with Crippen molar-refractivity contribution in [1.29, 1.82) is 5.26 Å². The fraction of sp³-hybridized carbons (Fsp3) is 0.143. The number of hydrogen-bond acceptors (Lipinski definition) is 8. The standard InChI is InChI=1S/C21H18N8O3/c22-10-14-11-26-18(12-25-14)27-17-9-15(28-29-17)19-16(32-8-2-7-24-21(30)31)5-4-13-3-1-6-23-20(13)19/h1,3-6,9,11-12,24H,2,7-8H2,(H,30,31)(H2,26,27,28,29). The van der Waals surface area contributed by atoms with Crippen molar-refractivity contribution in [2.75, 3.05) is 18.5 Å². The fourth-order valence-electron chi connectivity index (χ4n) is 3.05. The molecule has 4 N–H and O–H groups in total. The van der Waals surface area contributed by atoms with Gasteiger partial charge in [-0.25, -0.2) is 14.8 Å². The number of nitrogens with zero attached hydrogens (tertiary/aromatic N) is 5. The lowest BCUT2D eigenvalue weighted by atomic mass is 10.1. The van der Waals surface area contributed by atoms with Crippen molar-refractivity contribution in [3.05, 3.63) is 54.6 Å². The van der Waals surface area contributed by atoms with Crippen LogP contribution in [0.5, 0.6) is 5.75 Å². The van der Waals surface area contributed by atoms with Gasteiger partial charge in [0.15, 0.2) is 11.5 Å². The molecule has 1 amide bonds. The minimum Gasteiger partial charge on any atom is -0.493 e. The van der Waals surface area contributed by atoms with Crippen LogP contribution in [0.1, 0.15) is 12.1 Å². The van der Waals surface area contributed by atoms with Crippen molar-refractivity contribution in [1.82, 2.24) is 30.5 Å². The molecular formula is C21H18N8O3. The molecule has 0 saturated carbocycles. The number of ether oxygens (including phenoxy) is 1. The topological polar surface area (TPSA) is 162 Å². The van der Waals surface area contributed by atoms with E-state index in [9.17, 15) is 4.79 Å². The van der Waals surface area contributed by atoms with Crippen molar-refractivity contribution < 1.29 is 14.6 Å². The van der Waals surface area contributed by atoms with Crippen LogP contribution in [0.25, 0.3) is 22.2 Å². The van der Waals surface area contributed by atoms with E-state index >= 15 is 0 Å². The zero-order valence-corrected chi connectivity index (χ0v) is 16.7. The van der Waals surface area contributed by atoms with Gasteiger partial charge in [-0.3, -0.25) is 10.1 Å². The number of hydrogen-bond donors (Lipinski definition) is 4. The first kappa shape index (κ1) is 20.5. The van der Waals surface area contributed by atoms with E-state index in [-0.39, 0.29) is 5.69 Å². The maximum Gasteiger partial charge on any atom is 0.404 e. The van der Waals surface area contributed by atoms with Crippen molar-refractivity contribution in [3.63, 3.8) is 0 Å². The first-order chi connectivity index (χ1) is 15.6. The molecule has 1 aromatic carbocycles. The number of pyridine rings is 1. The second-order valence-electron chi connectivity index (χ2n) is 6.64. The van der Waals surface area contributed by atoms with Gasteiger partial charge >= 0.3 is 6.09 Å². The first-order valence-electron chi connectivity index (χ1n) is 9.66. The summed E-state index contributed by atoms with van der Waals surface area (Å²) in [4.78, 5) is 23.2. The summed E-state index contributed by atoms with van der Waals surface area (Å²) in [6.45, 7) is 0.617. The second kappa shape index (κ2) is 9.40. The molecule has 0 saturated heterocycles. The van der Waals surface area contributed by atoms with Gasteiger partial charge in [0.25, 0.3) is 0 Å². The molecule has 0 atom stereocenters. The number of benzene rings is 1. The molecule has 4 rings (SSSR count). The number of nitriles is 1. The maximum atomic E-state index is 10.6. The maximum absolute atomic E-state index is 10.6. The Labute approximate surface area is 182 Å². The average Bonchev–Trinajstić information content (AvgIpc) is 3.26. The van der Waals surface area contributed by atoms with Crippen LogP contribution in [0, 0.1) is 11.3 Å². The molecule has 0 fully saturated rings. The third kappa shape index (κ3) is 4.71. The van der Waals surface area contributed by atoms with Crippen LogP contribution in [0.3, 0.4) is 0 Å². The molecule has 11 heteroatoms. The number of aromatic amines is 1. The van der Waals surface area contributed by atoms with Crippen LogP contribution in [0.4, 0.5) is 16.4 Å². The normalized spacial score (nSPS) is 10.5. The summed E-state index contributed by atoms with van der Waals surface area (Å²) in [7, 11) is 0. The first-order valence-corrected chi connectivity index (χ1v) is 9.66. The molecule has 0 aliphatic heterocycles. The number of nitrogens with one attached hydrogen (secondary N) is 3. The number of anilines is 2. The highest BCUT2D eigenvalue weighted by molar-refractivity contribution is 5.96. The van der Waals surface area contributed by atoms with Gasteiger partial charge in [-0.2, -0.15) is 10.4 Å². The lowest BCUT2D eigenvalue weighted by molar-refractivity contribution is 0.193. The van der Waals surface area contributed by atoms with Crippen LogP contribution in [0.2, 0.25) is 0 Å². The number of fused-ring (bicyclic) bond motifs is 1. The Morgan fingerprint density at radius 3 is 2.88 bits per heavy atom. The third-order valence-corrected chi connectivity index (χ3v) is 4.46. The van der Waals surface area contributed by atoms with Crippen molar-refractivity contribution in [2.24, 2.45) is 0 Å². The summed E-state index contributed by atoms with van der Waals surface area (Å²) in [6, 6.07) is 11.3. The molecular weight excluding hydrogens is 412 g/mol. The van der Waals surface area contributed by atoms with Crippen LogP contribution < -0.4 is 15.4 Å². The van der Waals surface area contributed by atoms with Crippen molar-refractivity contribution in [2.45, 2.75) is 6.42 Å². The van der Waals surface area contributed by atoms with E-state index in [1.54, 1.807) is 12.3 Å². The molecule has 11 nitrogen and oxygen atoms in total. The lowest BCUT2D eigenvalue weighted by Gasteiger charge is -2.12. The minimum atomic E-state index is -1.06. The summed E-state index contributed by atoms with van der Waals surface area (Å²) in [5, 5.41) is 31.1. The van der Waals surface area contributed by atoms with Gasteiger partial charge in [0.1, 0.15) is 17.6 Å². The third-order valence-electron chi connectivity index (χ3n) is 4.46. The molecule has 32 heavy (non-hydrogen) atoms. The highest BCUT2D eigenvalue weighted by Gasteiger charge is 2.15. The molecule has 160 valence electrons. The Balaban J connectivity index is 1.59. The zero-order chi connectivity index (χ0) is 22.3. The minimum absolute atomic E-state index is 0.223. The lowest BCUT2D eigenvalue weighted by Crippen LogP contribution is -2.23. The summed E-state index contributed by atoms with van der Waals surface area (Å²) >= 11 is 0. The van der Waals surface area contributed by atoms with Gasteiger partial charge in [0, 0.05) is 24.2 Å². The molecule has 0 bridgehead atoms. The fourth-order valence-corrected chi connectivity index (χ4v) is 3.05. The summed E-state index contributed by atoms with van der Waals surface area (Å²) in [5.74, 6) is 1.55. The summed E-state index contributed by atoms with van der Waals surface area (Å²) in [5.41, 5.74) is 2.38. The number of rotatable bonds is 8. The highest BCUT2D eigenvalue weighted by Crippen LogP contribution is 2.36. The Morgan fingerprint density at radius 1 is 1.19 bits per heavy atom. The van der Waals surface area contributed by atoms with Crippen molar-refractivity contribution >= 4 is 28.6 Å². The predicted octanol–water partition coefficient (Wildman–Crippen LogP) is 3.07. The molecule has 0 radical (unpaired) electrons. The number of aromatic nitrogens is 5. The van der Waals surface area contributed by atoms with Gasteiger partial charge < -0.3 is 20.5 Å². The Kier molecular flexibility index (Phi) is 6.03. The van der Waals surface area contributed by atoms with E-state index in [2.05, 4.69) is 35.8 Å². The summed E-state index contributed by atoms with van der Waals surface area (Å²) < 4.78 is 5.94. The number of H-pyrrole nitrogens is 1. The number of amides is 1. The molecule has 0 spiro atoms. The van der Waals surface area contributed by atoms with Crippen LogP contribution in [0.15, 0.2) is 48.9 Å². The van der Waals surface area contributed by atoms with Crippen LogP contribution in [-0.4, -0.2) is 49.5 Å². The second-order valence-corrected chi connectivity index (χ2v) is 6.64. The largest absolute Gasteiger partial charge is 0.493 e. The van der Waals surface area contributed by atoms with E-state index in [0.717, 1.165) is 16.5 Å². The average molecular weight is 430 g/mol. The molecule has 0 aliphatic carbocycles. The van der Waals surface area contributed by atoms with E-state index in [0.29, 0.717) is 42.7 Å². The highest BCUT2D eigenvalue weighted by atomic mass is 16.5. The van der Waals surface area contributed by atoms with E-state index < -0.39 is 6.09 Å². The molecule has 3 heterocycles. The molecule has 4 aromatic rings. The molecule has 0 unspecified atom stereocenters. The monoisotopic (exact) mass is 430 g/mol. The van der Waals surface area contributed by atoms with E-state index in [4.69, 9.17) is 15.1 Å². The van der Waals surface area contributed by atoms with Gasteiger partial charge in [0.05, 0.1) is 35.8 Å². The van der Waals surface area contributed by atoms with Gasteiger partial charge in [0.2, 0.25) is 0 Å². The zero-order valence-electron chi connectivity index (χ0n) is 16.7. The summed E-state index contributed by atoms with van der Waals surface area (Å²) in [6.07, 6.45) is 3.97. The predicted molar refractivity (Wildman–Crippen MR) is 115 cm³/mol. The van der Waals surface area contributed by atoms with Crippen molar-refractivity contribution in [3.8, 4) is 23.1 Å². The van der Waals surface area contributed by atoms with Gasteiger partial charge in [-0.05, 0) is 24.6 Å². The Hall–Kier alpha value is -4.72. The van der Waals surface area contributed by atoms with Crippen LogP contribution in [-0.2, 0) is 0 Å². The van der Waals surface area contributed by atoms with E-state index in [1.165, 1.54) is 12.4 Å². The number of carboxylic acid groups (broad SMARTS) is 1. The number of carbonyl (C=O) groups is 1. The van der Waals surface area contributed by atoms with Gasteiger partial charge in [-0.1, -0.05) is 6.07 Å². The molecule has 3 aromatic heterocycles. The van der Waals surface area contributed by atoms with Crippen LogP contribution >= 0.6 is 0 Å². The smallest absolute Gasteiger partial charge is 0.404 e. The Morgan fingerprint density at radius 2 is 2.09 bits per heavy atom. The molecule has 0 aliphatic rings.